The molecule has 0 aliphatic rings. The predicted molar refractivity (Wildman–Crippen MR) is 75.6 cm³/mol. The Bertz CT molecular complexity index is 181. The van der Waals surface area contributed by atoms with Gasteiger partial charge in [0.1, 0.15) is 7.11 Å². The van der Waals surface area contributed by atoms with E-state index in [-0.39, 0.29) is 0 Å². The predicted octanol–water partition coefficient (Wildman–Crippen LogP) is 2.65. The molecule has 0 unspecified atom stereocenters. The number of hydrogen-bond donors (Lipinski definition) is 0. The molecule has 0 amide bonds. The lowest BCUT2D eigenvalue weighted by Gasteiger charge is -2.41. The van der Waals surface area contributed by atoms with Crippen molar-refractivity contribution in [2.75, 3.05) is 19.8 Å². The number of hydrogen-bond acceptors (Lipinski definition) is 3. The van der Waals surface area contributed by atoms with Gasteiger partial charge in [-0.05, 0) is 20.8 Å². The molecule has 0 spiro atoms. The van der Waals surface area contributed by atoms with E-state index in [1.807, 2.05) is 20.8 Å². The van der Waals surface area contributed by atoms with E-state index in [0.29, 0.717) is 19.8 Å². The Balaban J connectivity index is 5.12. The average Bonchev–Trinajstić information content (AvgIpc) is 2.18. The SMILES string of the molecule is CCO[Si](OCC)(OCC)[Si](C)(C)[Si](C)C. The van der Waals surface area contributed by atoms with Crippen molar-refractivity contribution in [3.63, 3.8) is 0 Å². The van der Waals surface area contributed by atoms with Gasteiger partial charge in [0, 0.05) is 28.1 Å². The van der Waals surface area contributed by atoms with E-state index in [2.05, 4.69) is 26.2 Å². The van der Waals surface area contributed by atoms with Gasteiger partial charge in [-0.1, -0.05) is 26.2 Å². The Labute approximate surface area is 104 Å². The van der Waals surface area contributed by atoms with E-state index in [4.69, 9.17) is 13.3 Å². The third kappa shape index (κ3) is 3.51. The first-order valence-corrected chi connectivity index (χ1v) is 15.3. The second kappa shape index (κ2) is 7.07. The summed E-state index contributed by atoms with van der Waals surface area (Å²) in [4.78, 5) is 0. The highest BCUT2D eigenvalue weighted by atomic mass is 29.6. The third-order valence-electron chi connectivity index (χ3n) is 3.02. The molecule has 0 bridgehead atoms. The molecule has 97 valence electrons. The molecule has 1 radical (unpaired) electrons. The minimum atomic E-state index is -2.40. The highest BCUT2D eigenvalue weighted by molar-refractivity contribution is 7.60. The molecule has 0 atom stereocenters. The van der Waals surface area contributed by atoms with Gasteiger partial charge in [0.25, 0.3) is 0 Å². The average molecular weight is 280 g/mol. The Morgan fingerprint density at radius 3 is 1.31 bits per heavy atom. The molecule has 0 aromatic carbocycles. The molecule has 0 saturated heterocycles. The third-order valence-corrected chi connectivity index (χ3v) is 29.7. The zero-order valence-electron chi connectivity index (χ0n) is 11.8. The largest absolute Gasteiger partial charge is 0.466 e. The molecule has 0 aromatic rings. The summed E-state index contributed by atoms with van der Waals surface area (Å²) in [5, 5.41) is 0. The summed E-state index contributed by atoms with van der Waals surface area (Å²) in [7, 11) is -4.36. The van der Waals surface area contributed by atoms with E-state index in [0.717, 1.165) is 0 Å². The first-order valence-electron chi connectivity index (χ1n) is 6.10. The molecule has 16 heavy (non-hydrogen) atoms. The topological polar surface area (TPSA) is 27.7 Å². The lowest BCUT2D eigenvalue weighted by Crippen LogP contribution is -2.71. The first-order chi connectivity index (χ1) is 7.38. The van der Waals surface area contributed by atoms with E-state index in [1.54, 1.807) is 0 Å². The lowest BCUT2D eigenvalue weighted by atomic mass is 10.9. The van der Waals surface area contributed by atoms with Gasteiger partial charge in [-0.15, -0.1) is 0 Å². The number of rotatable bonds is 8. The van der Waals surface area contributed by atoms with E-state index in [9.17, 15) is 0 Å². The van der Waals surface area contributed by atoms with Crippen LogP contribution in [0.5, 0.6) is 0 Å². The van der Waals surface area contributed by atoms with Gasteiger partial charge < -0.3 is 13.3 Å². The van der Waals surface area contributed by atoms with Crippen molar-refractivity contribution < 1.29 is 13.3 Å². The van der Waals surface area contributed by atoms with Crippen LogP contribution in [0.1, 0.15) is 20.8 Å². The zero-order valence-corrected chi connectivity index (χ0v) is 14.8. The van der Waals surface area contributed by atoms with Crippen LogP contribution in [0.25, 0.3) is 0 Å². The smallest absolute Gasteiger partial charge is 0.377 e. The summed E-state index contributed by atoms with van der Waals surface area (Å²) in [6, 6.07) is 0. The molecular weight excluding hydrogens is 252 g/mol. The van der Waals surface area contributed by atoms with Gasteiger partial charge in [-0.2, -0.15) is 0 Å². The van der Waals surface area contributed by atoms with Crippen LogP contribution in [0.2, 0.25) is 26.2 Å². The molecule has 0 saturated carbocycles. The van der Waals surface area contributed by atoms with Gasteiger partial charge >= 0.3 is 8.32 Å². The zero-order chi connectivity index (χ0) is 12.8. The molecule has 0 aromatic heterocycles. The summed E-state index contributed by atoms with van der Waals surface area (Å²) in [6.07, 6.45) is 0. The summed E-state index contributed by atoms with van der Waals surface area (Å²) in [5.74, 6) is 0. The minimum Gasteiger partial charge on any atom is -0.377 e. The summed E-state index contributed by atoms with van der Waals surface area (Å²) in [6.45, 7) is 17.6. The van der Waals surface area contributed by atoms with Crippen molar-refractivity contribution in [1.29, 1.82) is 0 Å². The van der Waals surface area contributed by atoms with Crippen LogP contribution in [0.3, 0.4) is 0 Å². The molecule has 6 heteroatoms. The highest BCUT2D eigenvalue weighted by Crippen LogP contribution is 2.25. The Morgan fingerprint density at radius 2 is 1.12 bits per heavy atom. The molecule has 0 aliphatic heterocycles. The molecule has 0 rings (SSSR count). The second-order valence-electron chi connectivity index (χ2n) is 4.48. The van der Waals surface area contributed by atoms with Crippen LogP contribution in [0.15, 0.2) is 0 Å². The van der Waals surface area contributed by atoms with Crippen LogP contribution in [0, 0.1) is 0 Å². The molecule has 0 N–H and O–H groups in total. The monoisotopic (exact) mass is 279 g/mol. The minimum absolute atomic E-state index is 0.407. The quantitative estimate of drug-likeness (QED) is 0.639. The molecular formula is C10H27O3Si3. The second-order valence-corrected chi connectivity index (χ2v) is 25.5. The van der Waals surface area contributed by atoms with Crippen LogP contribution in [0.4, 0.5) is 0 Å². The summed E-state index contributed by atoms with van der Waals surface area (Å²) in [5.41, 5.74) is 0. The van der Waals surface area contributed by atoms with Crippen molar-refractivity contribution in [3.05, 3.63) is 0 Å². The summed E-state index contributed by atoms with van der Waals surface area (Å²) >= 11 is 0. The van der Waals surface area contributed by atoms with Gasteiger partial charge in [-0.25, -0.2) is 0 Å². The maximum atomic E-state index is 6.02. The van der Waals surface area contributed by atoms with Crippen molar-refractivity contribution in [2.24, 2.45) is 0 Å². The van der Waals surface area contributed by atoms with Crippen molar-refractivity contribution in [1.82, 2.24) is 0 Å². The van der Waals surface area contributed by atoms with Crippen LogP contribution in [-0.4, -0.2) is 43.6 Å². The first kappa shape index (κ1) is 16.5. The normalized spacial score (nSPS) is 13.5. The van der Waals surface area contributed by atoms with Gasteiger partial charge in [-0.3, -0.25) is 0 Å². The fourth-order valence-corrected chi connectivity index (χ4v) is 18.5. The standard InChI is InChI=1S/C10H27O3Si3/c1-8-11-16(12-9-2,13-10-3)15(6,7)14(4)5/h8-10H2,1-7H3. The van der Waals surface area contributed by atoms with Crippen molar-refractivity contribution in [3.8, 4) is 0 Å². The van der Waals surface area contributed by atoms with E-state index in [1.165, 1.54) is 0 Å². The fourth-order valence-electron chi connectivity index (χ4n) is 1.54. The van der Waals surface area contributed by atoms with Crippen molar-refractivity contribution >= 4 is 23.7 Å². The van der Waals surface area contributed by atoms with Gasteiger partial charge in [0.15, 0.2) is 0 Å². The maximum absolute atomic E-state index is 6.02. The van der Waals surface area contributed by atoms with Crippen LogP contribution < -0.4 is 0 Å². The van der Waals surface area contributed by atoms with Gasteiger partial charge in [0.2, 0.25) is 0 Å². The van der Waals surface area contributed by atoms with E-state index < -0.39 is 23.7 Å². The van der Waals surface area contributed by atoms with E-state index >= 15 is 0 Å². The highest BCUT2D eigenvalue weighted by Gasteiger charge is 2.58. The maximum Gasteiger partial charge on any atom is 0.466 e. The Kier molecular flexibility index (Phi) is 7.31. The summed E-state index contributed by atoms with van der Waals surface area (Å²) < 4.78 is 18.1. The Hall–Kier alpha value is 0.531. The van der Waals surface area contributed by atoms with Gasteiger partial charge in [0.05, 0.1) is 0 Å². The fraction of sp³-hybridized carbons (Fsp3) is 1.00. The molecule has 0 aliphatic carbocycles. The lowest BCUT2D eigenvalue weighted by molar-refractivity contribution is 0.0913. The van der Waals surface area contributed by atoms with Crippen LogP contribution >= 0.6 is 0 Å². The molecule has 3 nitrogen and oxygen atoms in total. The Morgan fingerprint density at radius 1 is 0.812 bits per heavy atom. The van der Waals surface area contributed by atoms with Crippen molar-refractivity contribution in [2.45, 2.75) is 47.0 Å². The molecule has 0 heterocycles. The molecule has 0 fully saturated rings. The van der Waals surface area contributed by atoms with Crippen LogP contribution in [-0.2, 0) is 13.3 Å².